The van der Waals surface area contributed by atoms with Crippen molar-refractivity contribution in [3.8, 4) is 5.75 Å². The van der Waals surface area contributed by atoms with Crippen molar-refractivity contribution >= 4 is 23.3 Å². The number of benzene rings is 2. The highest BCUT2D eigenvalue weighted by molar-refractivity contribution is 7.80. The Morgan fingerprint density at radius 2 is 1.82 bits per heavy atom. The van der Waals surface area contributed by atoms with Crippen LogP contribution in [0.5, 0.6) is 5.75 Å². The van der Waals surface area contributed by atoms with Crippen molar-refractivity contribution in [2.75, 3.05) is 13.7 Å². The molecule has 1 atom stereocenters. The van der Waals surface area contributed by atoms with Crippen molar-refractivity contribution in [2.45, 2.75) is 26.4 Å². The molecule has 0 saturated heterocycles. The summed E-state index contributed by atoms with van der Waals surface area (Å²) in [6.45, 7) is 4.61. The van der Waals surface area contributed by atoms with Crippen molar-refractivity contribution in [1.82, 2.24) is 10.2 Å². The van der Waals surface area contributed by atoms with Crippen LogP contribution in [0.3, 0.4) is 0 Å². The highest BCUT2D eigenvalue weighted by Crippen LogP contribution is 2.33. The van der Waals surface area contributed by atoms with Crippen LogP contribution in [-0.4, -0.2) is 29.7 Å². The first-order chi connectivity index (χ1) is 13.5. The van der Waals surface area contributed by atoms with Gasteiger partial charge < -0.3 is 19.7 Å². The third kappa shape index (κ3) is 4.17. The molecule has 1 aliphatic heterocycles. The van der Waals surface area contributed by atoms with Gasteiger partial charge in [-0.3, -0.25) is 0 Å². The highest BCUT2D eigenvalue weighted by Gasteiger charge is 2.34. The maximum Gasteiger partial charge on any atom is 0.338 e. The van der Waals surface area contributed by atoms with Gasteiger partial charge in [0.15, 0.2) is 5.11 Å². The van der Waals surface area contributed by atoms with E-state index in [0.29, 0.717) is 23.8 Å². The lowest BCUT2D eigenvalue weighted by Gasteiger charge is -2.37. The van der Waals surface area contributed by atoms with Crippen LogP contribution in [0.2, 0.25) is 0 Å². The van der Waals surface area contributed by atoms with Gasteiger partial charge in [-0.15, -0.1) is 0 Å². The maximum atomic E-state index is 12.8. The van der Waals surface area contributed by atoms with Crippen LogP contribution in [0.4, 0.5) is 0 Å². The summed E-state index contributed by atoms with van der Waals surface area (Å²) in [6.07, 6.45) is 0. The molecule has 0 spiro atoms. The Labute approximate surface area is 170 Å². The van der Waals surface area contributed by atoms with E-state index in [4.69, 9.17) is 21.7 Å². The molecule has 5 nitrogen and oxygen atoms in total. The Bertz CT molecular complexity index is 878. The van der Waals surface area contributed by atoms with E-state index in [9.17, 15) is 4.79 Å². The van der Waals surface area contributed by atoms with Crippen molar-refractivity contribution in [3.05, 3.63) is 77.0 Å². The number of carbonyl (C=O) groups excluding carboxylic acids is 1. The van der Waals surface area contributed by atoms with E-state index in [1.807, 2.05) is 66.4 Å². The van der Waals surface area contributed by atoms with Gasteiger partial charge in [0, 0.05) is 12.2 Å². The number of methoxy groups -OCH3 is 1. The van der Waals surface area contributed by atoms with Gasteiger partial charge in [-0.1, -0.05) is 42.5 Å². The van der Waals surface area contributed by atoms with Gasteiger partial charge >= 0.3 is 5.97 Å². The van der Waals surface area contributed by atoms with E-state index in [0.717, 1.165) is 22.6 Å². The van der Waals surface area contributed by atoms with E-state index in [1.54, 1.807) is 14.0 Å². The fourth-order valence-corrected chi connectivity index (χ4v) is 3.58. The third-order valence-electron chi connectivity index (χ3n) is 4.72. The summed E-state index contributed by atoms with van der Waals surface area (Å²) >= 11 is 5.64. The zero-order valence-corrected chi connectivity index (χ0v) is 17.1. The molecule has 146 valence electrons. The van der Waals surface area contributed by atoms with E-state index in [2.05, 4.69) is 5.32 Å². The zero-order valence-electron chi connectivity index (χ0n) is 16.3. The Kier molecular flexibility index (Phi) is 6.31. The molecule has 0 unspecified atom stereocenters. The first kappa shape index (κ1) is 19.9. The van der Waals surface area contributed by atoms with Crippen molar-refractivity contribution in [1.29, 1.82) is 0 Å². The second-order valence-electron chi connectivity index (χ2n) is 6.45. The van der Waals surface area contributed by atoms with Gasteiger partial charge in [-0.2, -0.15) is 0 Å². The maximum absolute atomic E-state index is 12.8. The lowest BCUT2D eigenvalue weighted by Crippen LogP contribution is -2.47. The fraction of sp³-hybridized carbons (Fsp3) is 0.273. The Morgan fingerprint density at radius 3 is 2.43 bits per heavy atom. The van der Waals surface area contributed by atoms with Crippen LogP contribution < -0.4 is 10.1 Å². The molecule has 0 aliphatic carbocycles. The molecule has 28 heavy (non-hydrogen) atoms. The van der Waals surface area contributed by atoms with Gasteiger partial charge in [0.2, 0.25) is 0 Å². The Morgan fingerprint density at radius 1 is 1.14 bits per heavy atom. The quantitative estimate of drug-likeness (QED) is 0.589. The predicted octanol–water partition coefficient (Wildman–Crippen LogP) is 3.96. The van der Waals surface area contributed by atoms with Crippen molar-refractivity contribution < 1.29 is 14.3 Å². The average Bonchev–Trinajstić information content (AvgIpc) is 2.71. The monoisotopic (exact) mass is 396 g/mol. The van der Waals surface area contributed by atoms with E-state index >= 15 is 0 Å². The van der Waals surface area contributed by atoms with Gasteiger partial charge in [0.25, 0.3) is 0 Å². The SMILES string of the molecule is CCOC(=O)C1=C(C)N(Cc2ccccc2)C(=S)N[C@H]1c1ccc(OC)cc1. The summed E-state index contributed by atoms with van der Waals surface area (Å²) in [5.41, 5.74) is 3.39. The third-order valence-corrected chi connectivity index (χ3v) is 5.06. The van der Waals surface area contributed by atoms with Gasteiger partial charge in [-0.25, -0.2) is 4.79 Å². The molecule has 0 fully saturated rings. The largest absolute Gasteiger partial charge is 0.497 e. The smallest absolute Gasteiger partial charge is 0.338 e. The first-order valence-electron chi connectivity index (χ1n) is 9.19. The molecule has 0 bridgehead atoms. The van der Waals surface area contributed by atoms with Crippen molar-refractivity contribution in [3.63, 3.8) is 0 Å². The average molecular weight is 397 g/mol. The molecule has 2 aromatic rings. The van der Waals surface area contributed by atoms with Crippen LogP contribution in [0, 0.1) is 0 Å². The molecular weight excluding hydrogens is 372 g/mol. The van der Waals surface area contributed by atoms with Crippen LogP contribution >= 0.6 is 12.2 Å². The van der Waals surface area contributed by atoms with Crippen LogP contribution in [0.1, 0.15) is 31.0 Å². The summed E-state index contributed by atoms with van der Waals surface area (Å²) in [5.74, 6) is 0.417. The first-order valence-corrected chi connectivity index (χ1v) is 9.59. The molecule has 0 aromatic heterocycles. The number of hydrogen-bond donors (Lipinski definition) is 1. The number of nitrogens with zero attached hydrogens (tertiary/aromatic N) is 1. The lowest BCUT2D eigenvalue weighted by atomic mass is 9.94. The van der Waals surface area contributed by atoms with E-state index < -0.39 is 0 Å². The Hall–Kier alpha value is -2.86. The minimum Gasteiger partial charge on any atom is -0.497 e. The van der Waals surface area contributed by atoms with E-state index in [-0.39, 0.29) is 12.0 Å². The summed E-state index contributed by atoms with van der Waals surface area (Å²) in [6, 6.07) is 17.3. The van der Waals surface area contributed by atoms with Gasteiger partial charge in [-0.05, 0) is 49.3 Å². The second-order valence-corrected chi connectivity index (χ2v) is 6.83. The minimum atomic E-state index is -0.371. The standard InChI is InChI=1S/C22H24N2O3S/c1-4-27-21(25)19-15(2)24(14-16-8-6-5-7-9-16)22(28)23-20(19)17-10-12-18(26-3)13-11-17/h5-13,20H,4,14H2,1-3H3,(H,23,28)/t20-/m0/s1. The Balaban J connectivity index is 2.00. The molecule has 1 heterocycles. The number of ether oxygens (including phenoxy) is 2. The lowest BCUT2D eigenvalue weighted by molar-refractivity contribution is -0.139. The number of esters is 1. The van der Waals surface area contributed by atoms with Crippen LogP contribution in [-0.2, 0) is 16.1 Å². The topological polar surface area (TPSA) is 50.8 Å². The number of rotatable bonds is 6. The second kappa shape index (κ2) is 8.89. The zero-order chi connectivity index (χ0) is 20.1. The number of allylic oxidation sites excluding steroid dienone is 1. The predicted molar refractivity (Wildman–Crippen MR) is 113 cm³/mol. The van der Waals surface area contributed by atoms with Gasteiger partial charge in [0.05, 0.1) is 25.3 Å². The van der Waals surface area contributed by atoms with Gasteiger partial charge in [0.1, 0.15) is 5.75 Å². The van der Waals surface area contributed by atoms with Crippen LogP contribution in [0.15, 0.2) is 65.9 Å². The number of nitrogens with one attached hydrogen (secondary N) is 1. The molecule has 2 aromatic carbocycles. The number of carbonyl (C=O) groups is 1. The molecular formula is C22H24N2O3S. The minimum absolute atomic E-state index is 0.314. The molecule has 0 saturated carbocycles. The molecule has 1 aliphatic rings. The van der Waals surface area contributed by atoms with Crippen LogP contribution in [0.25, 0.3) is 0 Å². The molecule has 0 amide bonds. The van der Waals surface area contributed by atoms with Crippen molar-refractivity contribution in [2.24, 2.45) is 0 Å². The molecule has 0 radical (unpaired) electrons. The highest BCUT2D eigenvalue weighted by atomic mass is 32.1. The summed E-state index contributed by atoms with van der Waals surface area (Å²) in [5, 5.41) is 3.90. The fourth-order valence-electron chi connectivity index (χ4n) is 3.26. The molecule has 1 N–H and O–H groups in total. The number of thiocarbonyl (C=S) groups is 1. The molecule has 3 rings (SSSR count). The number of hydrogen-bond acceptors (Lipinski definition) is 4. The normalized spacial score (nSPS) is 16.6. The summed E-state index contributed by atoms with van der Waals surface area (Å²) < 4.78 is 10.6. The summed E-state index contributed by atoms with van der Waals surface area (Å²) in [7, 11) is 1.62. The summed E-state index contributed by atoms with van der Waals surface area (Å²) in [4.78, 5) is 14.7. The van der Waals surface area contributed by atoms with E-state index in [1.165, 1.54) is 0 Å². The molecule has 6 heteroatoms.